The van der Waals surface area contributed by atoms with E-state index in [1.54, 1.807) is 13.2 Å². The van der Waals surface area contributed by atoms with Crippen molar-refractivity contribution in [3.05, 3.63) is 16.0 Å². The van der Waals surface area contributed by atoms with Crippen LogP contribution in [0.15, 0.2) is 10.7 Å². The van der Waals surface area contributed by atoms with Crippen molar-refractivity contribution in [1.82, 2.24) is 15.3 Å². The van der Waals surface area contributed by atoms with Crippen LogP contribution < -0.4 is 10.2 Å². The molecule has 0 bridgehead atoms. The highest BCUT2D eigenvalue weighted by atomic mass is 79.9. The summed E-state index contributed by atoms with van der Waals surface area (Å²) in [5, 5.41) is 2.83. The van der Waals surface area contributed by atoms with Gasteiger partial charge in [-0.3, -0.25) is 4.79 Å². The van der Waals surface area contributed by atoms with Gasteiger partial charge in [-0.2, -0.15) is 4.98 Å². The van der Waals surface area contributed by atoms with Gasteiger partial charge in [0.05, 0.1) is 4.47 Å². The standard InChI is InChI=1S/C13H20BrClN4O/c1-9(2)4-6-19(7-5-11(20)16-3)12-10(14)8-17-13(15)18-12/h8-9H,4-7H2,1-3H3,(H,16,20). The number of nitrogens with one attached hydrogen (secondary N) is 1. The average molecular weight is 364 g/mol. The fourth-order valence-electron chi connectivity index (χ4n) is 1.66. The minimum absolute atomic E-state index is 0.0100. The van der Waals surface area contributed by atoms with Gasteiger partial charge in [-0.15, -0.1) is 0 Å². The molecular formula is C13H20BrClN4O. The number of halogens is 2. The maximum absolute atomic E-state index is 11.4. The van der Waals surface area contributed by atoms with Crippen molar-refractivity contribution in [2.24, 2.45) is 5.92 Å². The molecule has 0 aliphatic carbocycles. The first-order valence-corrected chi connectivity index (χ1v) is 7.74. The van der Waals surface area contributed by atoms with Crippen LogP contribution in [0.4, 0.5) is 5.82 Å². The van der Waals surface area contributed by atoms with Crippen LogP contribution in [0.25, 0.3) is 0 Å². The maximum atomic E-state index is 11.4. The van der Waals surface area contributed by atoms with Gasteiger partial charge in [0, 0.05) is 32.8 Å². The van der Waals surface area contributed by atoms with Crippen LogP contribution in [-0.4, -0.2) is 36.0 Å². The van der Waals surface area contributed by atoms with E-state index in [9.17, 15) is 4.79 Å². The first kappa shape index (κ1) is 17.2. The molecule has 0 atom stereocenters. The topological polar surface area (TPSA) is 58.1 Å². The Morgan fingerprint density at radius 3 is 2.80 bits per heavy atom. The number of hydrogen-bond donors (Lipinski definition) is 1. The first-order valence-electron chi connectivity index (χ1n) is 6.57. The number of rotatable bonds is 7. The van der Waals surface area contributed by atoms with E-state index in [2.05, 4.69) is 50.0 Å². The normalized spacial score (nSPS) is 10.7. The summed E-state index contributed by atoms with van der Waals surface area (Å²) in [7, 11) is 1.64. The van der Waals surface area contributed by atoms with Crippen molar-refractivity contribution in [2.75, 3.05) is 25.0 Å². The van der Waals surface area contributed by atoms with E-state index in [1.807, 2.05) is 0 Å². The molecule has 0 saturated carbocycles. The zero-order chi connectivity index (χ0) is 15.1. The highest BCUT2D eigenvalue weighted by Crippen LogP contribution is 2.25. The van der Waals surface area contributed by atoms with E-state index in [1.165, 1.54) is 0 Å². The number of aromatic nitrogens is 2. The number of anilines is 1. The summed E-state index contributed by atoms with van der Waals surface area (Å²) in [5.74, 6) is 1.32. The zero-order valence-electron chi connectivity index (χ0n) is 12.0. The van der Waals surface area contributed by atoms with E-state index in [0.29, 0.717) is 18.9 Å². The molecule has 1 rings (SSSR count). The molecule has 0 aromatic carbocycles. The Morgan fingerprint density at radius 2 is 2.20 bits per heavy atom. The summed E-state index contributed by atoms with van der Waals surface area (Å²) in [6.07, 6.45) is 3.07. The van der Waals surface area contributed by atoms with Gasteiger partial charge in [-0.1, -0.05) is 13.8 Å². The molecule has 1 amide bonds. The molecule has 20 heavy (non-hydrogen) atoms. The number of carbonyl (C=O) groups is 1. The molecule has 1 heterocycles. The fraction of sp³-hybridized carbons (Fsp3) is 0.615. The third-order valence-corrected chi connectivity index (χ3v) is 3.60. The molecule has 5 nitrogen and oxygen atoms in total. The second-order valence-corrected chi connectivity index (χ2v) is 6.10. The average Bonchev–Trinajstić information content (AvgIpc) is 2.41. The predicted molar refractivity (Wildman–Crippen MR) is 85.1 cm³/mol. The van der Waals surface area contributed by atoms with E-state index in [0.717, 1.165) is 23.3 Å². The molecule has 0 unspecified atom stereocenters. The van der Waals surface area contributed by atoms with Crippen LogP contribution in [0.2, 0.25) is 5.28 Å². The molecule has 1 N–H and O–H groups in total. The number of hydrogen-bond acceptors (Lipinski definition) is 4. The van der Waals surface area contributed by atoms with Gasteiger partial charge in [0.2, 0.25) is 11.2 Å². The lowest BCUT2D eigenvalue weighted by Gasteiger charge is -2.25. The summed E-state index contributed by atoms with van der Waals surface area (Å²) < 4.78 is 0.780. The van der Waals surface area contributed by atoms with Crippen molar-refractivity contribution in [1.29, 1.82) is 0 Å². The summed E-state index contributed by atoms with van der Waals surface area (Å²) in [6, 6.07) is 0. The Hall–Kier alpha value is -0.880. The molecule has 0 fully saturated rings. The zero-order valence-corrected chi connectivity index (χ0v) is 14.3. The van der Waals surface area contributed by atoms with Crippen molar-refractivity contribution in [2.45, 2.75) is 26.7 Å². The summed E-state index contributed by atoms with van der Waals surface area (Å²) >= 11 is 9.30. The predicted octanol–water partition coefficient (Wildman–Crippen LogP) is 2.88. The number of amides is 1. The molecule has 0 saturated heterocycles. The van der Waals surface area contributed by atoms with Gasteiger partial charge < -0.3 is 10.2 Å². The molecule has 0 spiro atoms. The Balaban J connectivity index is 2.84. The Kier molecular flexibility index (Phi) is 7.23. The third kappa shape index (κ3) is 5.63. The molecule has 112 valence electrons. The highest BCUT2D eigenvalue weighted by Gasteiger charge is 2.15. The van der Waals surface area contributed by atoms with Crippen molar-refractivity contribution < 1.29 is 4.79 Å². The second kappa shape index (κ2) is 8.42. The Morgan fingerprint density at radius 1 is 1.50 bits per heavy atom. The summed E-state index contributed by atoms with van der Waals surface area (Å²) in [6.45, 7) is 5.75. The van der Waals surface area contributed by atoms with E-state index >= 15 is 0 Å². The number of carbonyl (C=O) groups excluding carboxylic acids is 1. The third-order valence-electron chi connectivity index (χ3n) is 2.86. The molecule has 1 aromatic rings. The smallest absolute Gasteiger partial charge is 0.224 e. The molecular weight excluding hydrogens is 344 g/mol. The molecule has 1 aromatic heterocycles. The molecule has 0 aliphatic heterocycles. The monoisotopic (exact) mass is 362 g/mol. The SMILES string of the molecule is CNC(=O)CCN(CCC(C)C)c1nc(Cl)ncc1Br. The van der Waals surface area contributed by atoms with E-state index < -0.39 is 0 Å². The lowest BCUT2D eigenvalue weighted by atomic mass is 10.1. The lowest BCUT2D eigenvalue weighted by Crippen LogP contribution is -2.31. The fourth-order valence-corrected chi connectivity index (χ4v) is 2.23. The van der Waals surface area contributed by atoms with Crippen LogP contribution in [0.5, 0.6) is 0 Å². The van der Waals surface area contributed by atoms with Crippen molar-refractivity contribution in [3.8, 4) is 0 Å². The largest absolute Gasteiger partial charge is 0.359 e. The summed E-state index contributed by atoms with van der Waals surface area (Å²) in [5.41, 5.74) is 0. The lowest BCUT2D eigenvalue weighted by molar-refractivity contribution is -0.120. The van der Waals surface area contributed by atoms with Gasteiger partial charge in [0.15, 0.2) is 0 Å². The summed E-state index contributed by atoms with van der Waals surface area (Å²) in [4.78, 5) is 21.7. The van der Waals surface area contributed by atoms with Gasteiger partial charge >= 0.3 is 0 Å². The van der Waals surface area contributed by atoms with Crippen molar-refractivity contribution >= 4 is 39.3 Å². The second-order valence-electron chi connectivity index (χ2n) is 4.90. The van der Waals surface area contributed by atoms with Crippen LogP contribution in [0.3, 0.4) is 0 Å². The van der Waals surface area contributed by atoms with E-state index in [-0.39, 0.29) is 11.2 Å². The molecule has 0 aliphatic rings. The van der Waals surface area contributed by atoms with E-state index in [4.69, 9.17) is 11.6 Å². The Labute approximate surface area is 133 Å². The first-order chi connectivity index (χ1) is 9.43. The molecule has 0 radical (unpaired) electrons. The number of nitrogens with zero attached hydrogens (tertiary/aromatic N) is 3. The van der Waals surface area contributed by atoms with Gasteiger partial charge in [0.1, 0.15) is 5.82 Å². The molecule has 7 heteroatoms. The minimum atomic E-state index is 0.0100. The Bertz CT molecular complexity index is 456. The van der Waals surface area contributed by atoms with Crippen LogP contribution in [-0.2, 0) is 4.79 Å². The van der Waals surface area contributed by atoms with Crippen LogP contribution in [0.1, 0.15) is 26.7 Å². The maximum Gasteiger partial charge on any atom is 0.224 e. The van der Waals surface area contributed by atoms with Crippen LogP contribution >= 0.6 is 27.5 Å². The van der Waals surface area contributed by atoms with Gasteiger partial charge in [-0.25, -0.2) is 4.98 Å². The quantitative estimate of drug-likeness (QED) is 0.757. The van der Waals surface area contributed by atoms with Gasteiger partial charge in [0.25, 0.3) is 0 Å². The van der Waals surface area contributed by atoms with Crippen molar-refractivity contribution in [3.63, 3.8) is 0 Å². The minimum Gasteiger partial charge on any atom is -0.359 e. The van der Waals surface area contributed by atoms with Crippen LogP contribution in [0, 0.1) is 5.92 Å². The highest BCUT2D eigenvalue weighted by molar-refractivity contribution is 9.10. The van der Waals surface area contributed by atoms with Gasteiger partial charge in [-0.05, 0) is 39.9 Å².